The molecule has 2 unspecified atom stereocenters. The van der Waals surface area contributed by atoms with Gasteiger partial charge in [0.25, 0.3) is 5.91 Å². The van der Waals surface area contributed by atoms with Crippen LogP contribution >= 0.6 is 11.6 Å². The maximum absolute atomic E-state index is 13.2. The predicted octanol–water partition coefficient (Wildman–Crippen LogP) is 4.33. The van der Waals surface area contributed by atoms with Crippen LogP contribution in [0.15, 0.2) is 35.9 Å². The Morgan fingerprint density at radius 1 is 1.24 bits per heavy atom. The van der Waals surface area contributed by atoms with Gasteiger partial charge in [-0.25, -0.2) is 4.79 Å². The van der Waals surface area contributed by atoms with Crippen molar-refractivity contribution < 1.29 is 19.1 Å². The predicted molar refractivity (Wildman–Crippen MR) is 143 cm³/mol. The molecule has 0 bridgehead atoms. The number of halogens is 1. The van der Waals surface area contributed by atoms with E-state index in [1.54, 1.807) is 23.1 Å². The second-order valence-corrected chi connectivity index (χ2v) is 11.1. The van der Waals surface area contributed by atoms with E-state index >= 15 is 0 Å². The van der Waals surface area contributed by atoms with Gasteiger partial charge in [-0.3, -0.25) is 9.59 Å². The summed E-state index contributed by atoms with van der Waals surface area (Å²) in [5, 5.41) is 4.38. The van der Waals surface area contributed by atoms with Crippen LogP contribution in [0.1, 0.15) is 63.4 Å². The summed E-state index contributed by atoms with van der Waals surface area (Å²) in [7, 11) is 0. The van der Waals surface area contributed by atoms with Crippen LogP contribution < -0.4 is 11.1 Å². The molecule has 1 aliphatic carbocycles. The van der Waals surface area contributed by atoms with Crippen LogP contribution in [-0.4, -0.2) is 57.9 Å². The highest BCUT2D eigenvalue weighted by molar-refractivity contribution is 6.31. The minimum absolute atomic E-state index is 0.327. The summed E-state index contributed by atoms with van der Waals surface area (Å²) in [4.78, 5) is 43.2. The number of fused-ring (bicyclic) bond motifs is 1. The first-order valence-electron chi connectivity index (χ1n) is 12.6. The number of rotatable bonds is 3. The van der Waals surface area contributed by atoms with Gasteiger partial charge in [0.1, 0.15) is 16.8 Å². The number of H-pyrrole nitrogens is 1. The van der Waals surface area contributed by atoms with Crippen molar-refractivity contribution in [3.8, 4) is 11.8 Å². The zero-order valence-electron chi connectivity index (χ0n) is 21.4. The monoisotopic (exact) mass is 524 g/mol. The lowest BCUT2D eigenvalue weighted by atomic mass is 9.75. The number of nitrogens with zero attached hydrogens (tertiary/aromatic N) is 1. The summed E-state index contributed by atoms with van der Waals surface area (Å²) in [6.07, 6.45) is 4.68. The molecular formula is C28H33ClN4O4. The van der Waals surface area contributed by atoms with Crippen molar-refractivity contribution in [2.45, 2.75) is 70.1 Å². The second kappa shape index (κ2) is 10.6. The molecule has 1 aromatic heterocycles. The lowest BCUT2D eigenvalue weighted by molar-refractivity contribution is -0.120. The summed E-state index contributed by atoms with van der Waals surface area (Å²) in [5.41, 5.74) is 6.75. The molecule has 8 nitrogen and oxygen atoms in total. The van der Waals surface area contributed by atoms with E-state index in [1.165, 1.54) is 0 Å². The number of hydrogen-bond acceptors (Lipinski definition) is 5. The standard InChI is InChI=1S/C28H33ClN4O4/c1-27(2,3)37-26(36)33-14-11-18(12-15-33)7-10-24(34)28(30)13-5-4-6-23(28)32-25(35)22-17-19-16-20(29)8-9-21(19)31-22/h8-9,11,16-17,23,31H,4-6,12-15,30H2,1-3H3,(H,32,35). The number of nitrogens with one attached hydrogen (secondary N) is 2. The molecule has 1 fully saturated rings. The van der Waals surface area contributed by atoms with Crippen molar-refractivity contribution in [3.05, 3.63) is 46.6 Å². The third-order valence-electron chi connectivity index (χ3n) is 6.71. The molecule has 2 heterocycles. The summed E-state index contributed by atoms with van der Waals surface area (Å²) >= 11 is 6.06. The molecule has 1 saturated carbocycles. The molecule has 0 spiro atoms. The van der Waals surface area contributed by atoms with Gasteiger partial charge in [-0.15, -0.1) is 0 Å². The van der Waals surface area contributed by atoms with Gasteiger partial charge in [0.05, 0.1) is 6.04 Å². The van der Waals surface area contributed by atoms with Crippen LogP contribution in [0.3, 0.4) is 0 Å². The van der Waals surface area contributed by atoms with Crippen molar-refractivity contribution in [2.24, 2.45) is 5.73 Å². The van der Waals surface area contributed by atoms with E-state index in [-0.39, 0.29) is 12.0 Å². The minimum Gasteiger partial charge on any atom is -0.444 e. The van der Waals surface area contributed by atoms with E-state index in [2.05, 4.69) is 22.1 Å². The maximum atomic E-state index is 13.2. The molecule has 0 radical (unpaired) electrons. The van der Waals surface area contributed by atoms with Gasteiger partial charge < -0.3 is 25.7 Å². The van der Waals surface area contributed by atoms with E-state index < -0.39 is 23.0 Å². The summed E-state index contributed by atoms with van der Waals surface area (Å²) in [6.45, 7) is 6.31. The number of nitrogens with two attached hydrogens (primary N) is 1. The van der Waals surface area contributed by atoms with Crippen LogP contribution in [0, 0.1) is 11.8 Å². The fraction of sp³-hybridized carbons (Fsp3) is 0.464. The molecule has 9 heteroatoms. The highest BCUT2D eigenvalue weighted by atomic mass is 35.5. The first-order valence-corrected chi connectivity index (χ1v) is 12.9. The fourth-order valence-electron chi connectivity index (χ4n) is 4.66. The average molecular weight is 525 g/mol. The highest BCUT2D eigenvalue weighted by Gasteiger charge is 2.44. The molecule has 2 aliphatic rings. The fourth-order valence-corrected chi connectivity index (χ4v) is 4.84. The zero-order valence-corrected chi connectivity index (χ0v) is 22.2. The number of carbonyl (C=O) groups excluding carboxylic acids is 3. The lowest BCUT2D eigenvalue weighted by Crippen LogP contribution is -2.64. The van der Waals surface area contributed by atoms with Gasteiger partial charge in [-0.2, -0.15) is 0 Å². The third kappa shape index (κ3) is 6.35. The van der Waals surface area contributed by atoms with Gasteiger partial charge >= 0.3 is 6.09 Å². The van der Waals surface area contributed by atoms with E-state index in [0.717, 1.165) is 29.3 Å². The van der Waals surface area contributed by atoms with Crippen LogP contribution in [0.5, 0.6) is 0 Å². The smallest absolute Gasteiger partial charge is 0.410 e. The molecule has 2 aromatic rings. The Bertz CT molecular complexity index is 1310. The molecule has 196 valence electrons. The van der Waals surface area contributed by atoms with Crippen molar-refractivity contribution in [2.75, 3.05) is 13.1 Å². The Morgan fingerprint density at radius 3 is 2.73 bits per heavy atom. The first kappa shape index (κ1) is 26.8. The average Bonchev–Trinajstić information content (AvgIpc) is 3.26. The molecule has 2 atom stereocenters. The number of aromatic amines is 1. The third-order valence-corrected chi connectivity index (χ3v) is 6.94. The number of hydrogen-bond donors (Lipinski definition) is 3. The van der Waals surface area contributed by atoms with Crippen LogP contribution in [0.4, 0.5) is 4.79 Å². The topological polar surface area (TPSA) is 118 Å². The molecule has 1 aliphatic heterocycles. The Kier molecular flexibility index (Phi) is 7.67. The molecular weight excluding hydrogens is 492 g/mol. The second-order valence-electron chi connectivity index (χ2n) is 10.7. The number of ether oxygens (including phenoxy) is 1. The molecule has 4 N–H and O–H groups in total. The number of aromatic nitrogens is 1. The van der Waals surface area contributed by atoms with Gasteiger partial charge in [0.15, 0.2) is 0 Å². The van der Waals surface area contributed by atoms with Crippen molar-refractivity contribution >= 4 is 40.3 Å². The van der Waals surface area contributed by atoms with Crippen LogP contribution in [0.2, 0.25) is 5.02 Å². The van der Waals surface area contributed by atoms with E-state index in [4.69, 9.17) is 22.1 Å². The van der Waals surface area contributed by atoms with Crippen molar-refractivity contribution in [1.82, 2.24) is 15.2 Å². The summed E-state index contributed by atoms with van der Waals surface area (Å²) in [6, 6.07) is 6.55. The van der Waals surface area contributed by atoms with E-state index in [0.29, 0.717) is 43.1 Å². The normalized spacial score (nSPS) is 22.0. The van der Waals surface area contributed by atoms with Crippen molar-refractivity contribution in [3.63, 3.8) is 0 Å². The van der Waals surface area contributed by atoms with Crippen molar-refractivity contribution in [1.29, 1.82) is 0 Å². The number of benzene rings is 1. The van der Waals surface area contributed by atoms with Gasteiger partial charge in [0, 0.05) is 34.6 Å². The minimum atomic E-state index is -1.27. The number of ketones is 1. The summed E-state index contributed by atoms with van der Waals surface area (Å²) < 4.78 is 5.41. The quantitative estimate of drug-likeness (QED) is 0.408. The maximum Gasteiger partial charge on any atom is 0.410 e. The molecule has 1 aromatic carbocycles. The molecule has 37 heavy (non-hydrogen) atoms. The largest absolute Gasteiger partial charge is 0.444 e. The SMILES string of the molecule is CC(C)(C)OC(=O)N1CC=C(C#CC(=O)C2(N)CCCCC2NC(=O)c2cc3cc(Cl)ccc3[nH]2)CC1. The lowest BCUT2D eigenvalue weighted by Gasteiger charge is -2.38. The number of Topliss-reactive ketones (excluding diaryl/α,β-unsaturated/α-hetero) is 1. The van der Waals surface area contributed by atoms with Crippen LogP contribution in [0.25, 0.3) is 10.9 Å². The Balaban J connectivity index is 1.42. The molecule has 0 saturated heterocycles. The summed E-state index contributed by atoms with van der Waals surface area (Å²) in [5.74, 6) is 4.96. The molecule has 2 amide bonds. The van der Waals surface area contributed by atoms with E-state index in [1.807, 2.05) is 32.9 Å². The Morgan fingerprint density at radius 2 is 2.03 bits per heavy atom. The van der Waals surface area contributed by atoms with Gasteiger partial charge in [-0.1, -0.05) is 36.4 Å². The zero-order chi connectivity index (χ0) is 26.8. The van der Waals surface area contributed by atoms with Crippen LogP contribution in [-0.2, 0) is 9.53 Å². The Hall–Kier alpha value is -3.28. The molecule has 4 rings (SSSR count). The van der Waals surface area contributed by atoms with E-state index in [9.17, 15) is 14.4 Å². The first-order chi connectivity index (χ1) is 17.4. The highest BCUT2D eigenvalue weighted by Crippen LogP contribution is 2.28. The Labute approximate surface area is 221 Å². The number of carbonyl (C=O) groups is 3. The number of amides is 2. The van der Waals surface area contributed by atoms with Gasteiger partial charge in [0.2, 0.25) is 5.78 Å². The van der Waals surface area contributed by atoms with Gasteiger partial charge in [-0.05, 0) is 70.2 Å².